The van der Waals surface area contributed by atoms with E-state index in [1.807, 2.05) is 13.0 Å². The molecule has 0 saturated carbocycles. The molecule has 5 nitrogen and oxygen atoms in total. The lowest BCUT2D eigenvalue weighted by Gasteiger charge is -2.31. The van der Waals surface area contributed by atoms with Gasteiger partial charge in [0.1, 0.15) is 5.75 Å². The molecule has 0 heterocycles. The Bertz CT molecular complexity index is 751. The van der Waals surface area contributed by atoms with Gasteiger partial charge in [0.05, 0.1) is 20.3 Å². The highest BCUT2D eigenvalue weighted by molar-refractivity contribution is 5.85. The van der Waals surface area contributed by atoms with E-state index >= 15 is 0 Å². The minimum Gasteiger partial charge on any atom is -0.508 e. The van der Waals surface area contributed by atoms with Crippen LogP contribution in [-0.2, 0) is 12.8 Å². The van der Waals surface area contributed by atoms with Crippen LogP contribution in [-0.4, -0.2) is 36.5 Å². The summed E-state index contributed by atoms with van der Waals surface area (Å²) in [5, 5.41) is 23.5. The van der Waals surface area contributed by atoms with E-state index in [1.165, 1.54) is 11.1 Å². The van der Waals surface area contributed by atoms with Gasteiger partial charge in [-0.05, 0) is 55.5 Å². The second-order valence-corrected chi connectivity index (χ2v) is 6.87. The van der Waals surface area contributed by atoms with E-state index in [1.54, 1.807) is 38.5 Å². The van der Waals surface area contributed by atoms with Crippen molar-refractivity contribution in [1.82, 2.24) is 5.32 Å². The summed E-state index contributed by atoms with van der Waals surface area (Å²) in [5.41, 5.74) is 3.28. The van der Waals surface area contributed by atoms with Crippen LogP contribution < -0.4 is 14.8 Å². The van der Waals surface area contributed by atoms with Crippen LogP contribution in [0.1, 0.15) is 36.1 Å². The van der Waals surface area contributed by atoms with E-state index in [9.17, 15) is 10.2 Å². The first-order valence-corrected chi connectivity index (χ1v) is 8.99. The van der Waals surface area contributed by atoms with E-state index in [2.05, 4.69) is 11.4 Å². The number of nitrogens with one attached hydrogen (secondary N) is 1. The molecular weight excluding hydrogens is 366 g/mol. The van der Waals surface area contributed by atoms with Crippen LogP contribution in [0.4, 0.5) is 0 Å². The molecule has 1 aliphatic rings. The molecule has 0 aromatic heterocycles. The molecule has 1 aliphatic carbocycles. The fourth-order valence-electron chi connectivity index (χ4n) is 3.75. The third kappa shape index (κ3) is 4.67. The summed E-state index contributed by atoms with van der Waals surface area (Å²) in [5.74, 6) is 1.81. The van der Waals surface area contributed by atoms with E-state index in [0.29, 0.717) is 6.04 Å². The van der Waals surface area contributed by atoms with Crippen LogP contribution in [0.3, 0.4) is 0 Å². The topological polar surface area (TPSA) is 71.0 Å². The molecule has 2 aromatic rings. The van der Waals surface area contributed by atoms with E-state index in [4.69, 9.17) is 9.47 Å². The first-order chi connectivity index (χ1) is 12.5. The van der Waals surface area contributed by atoms with Gasteiger partial charge in [-0.1, -0.05) is 18.2 Å². The average Bonchev–Trinajstić information content (AvgIpc) is 2.66. The molecule has 0 saturated heterocycles. The van der Waals surface area contributed by atoms with Crippen LogP contribution in [0.15, 0.2) is 36.4 Å². The van der Waals surface area contributed by atoms with Crippen molar-refractivity contribution in [2.75, 3.05) is 14.2 Å². The predicted octanol–water partition coefficient (Wildman–Crippen LogP) is 3.40. The largest absolute Gasteiger partial charge is 0.508 e. The van der Waals surface area contributed by atoms with E-state index in [0.717, 1.165) is 36.3 Å². The highest BCUT2D eigenvalue weighted by Gasteiger charge is 2.26. The molecule has 27 heavy (non-hydrogen) atoms. The van der Waals surface area contributed by atoms with Crippen molar-refractivity contribution >= 4 is 12.4 Å². The number of phenolic OH excluding ortho intramolecular Hbond substituents is 1. The maximum atomic E-state index is 10.6. The van der Waals surface area contributed by atoms with Gasteiger partial charge in [-0.25, -0.2) is 0 Å². The zero-order valence-electron chi connectivity index (χ0n) is 15.9. The lowest BCUT2D eigenvalue weighted by molar-refractivity contribution is 0.127. The Morgan fingerprint density at radius 2 is 1.78 bits per heavy atom. The number of rotatable bonds is 6. The van der Waals surface area contributed by atoms with Gasteiger partial charge in [0, 0.05) is 17.6 Å². The molecule has 0 fully saturated rings. The zero-order chi connectivity index (χ0) is 18.7. The minimum atomic E-state index is -0.623. The molecule has 0 spiro atoms. The molecule has 0 aliphatic heterocycles. The number of aromatic hydroxyl groups is 1. The second-order valence-electron chi connectivity index (χ2n) is 6.87. The van der Waals surface area contributed by atoms with Gasteiger partial charge in [-0.3, -0.25) is 0 Å². The summed E-state index contributed by atoms with van der Waals surface area (Å²) >= 11 is 0. The highest BCUT2D eigenvalue weighted by atomic mass is 35.5. The number of aliphatic hydroxyl groups excluding tert-OH is 1. The Kier molecular flexibility index (Phi) is 7.36. The molecular formula is C21H28ClNO4. The third-order valence-corrected chi connectivity index (χ3v) is 5.16. The van der Waals surface area contributed by atoms with Crippen LogP contribution in [0.25, 0.3) is 0 Å². The molecule has 3 unspecified atom stereocenters. The lowest BCUT2D eigenvalue weighted by atomic mass is 9.86. The lowest BCUT2D eigenvalue weighted by Crippen LogP contribution is -2.43. The fraction of sp³-hybridized carbons (Fsp3) is 0.429. The Labute approximate surface area is 166 Å². The Morgan fingerprint density at radius 3 is 2.41 bits per heavy atom. The Hall–Kier alpha value is -1.95. The zero-order valence-corrected chi connectivity index (χ0v) is 16.8. The molecule has 148 valence electrons. The van der Waals surface area contributed by atoms with Gasteiger partial charge >= 0.3 is 0 Å². The molecule has 0 bridgehead atoms. The second kappa shape index (κ2) is 9.31. The number of aliphatic hydroxyl groups is 1. The summed E-state index contributed by atoms with van der Waals surface area (Å²) in [7, 11) is 3.34. The van der Waals surface area contributed by atoms with E-state index in [-0.39, 0.29) is 24.2 Å². The third-order valence-electron chi connectivity index (χ3n) is 5.16. The fourth-order valence-corrected chi connectivity index (χ4v) is 3.75. The first kappa shape index (κ1) is 21.4. The summed E-state index contributed by atoms with van der Waals surface area (Å²) in [4.78, 5) is 0. The number of phenols is 1. The monoisotopic (exact) mass is 393 g/mol. The molecule has 3 atom stereocenters. The van der Waals surface area contributed by atoms with Gasteiger partial charge in [0.2, 0.25) is 0 Å². The predicted molar refractivity (Wildman–Crippen MR) is 108 cm³/mol. The van der Waals surface area contributed by atoms with Crippen molar-refractivity contribution in [2.24, 2.45) is 0 Å². The quantitative estimate of drug-likeness (QED) is 0.701. The maximum absolute atomic E-state index is 10.6. The first-order valence-electron chi connectivity index (χ1n) is 8.99. The highest BCUT2D eigenvalue weighted by Crippen LogP contribution is 2.37. The molecule has 0 radical (unpaired) electrons. The van der Waals surface area contributed by atoms with Crippen LogP contribution in [0.5, 0.6) is 17.2 Å². The molecule has 3 N–H and O–H groups in total. The average molecular weight is 394 g/mol. The van der Waals surface area contributed by atoms with E-state index < -0.39 is 6.10 Å². The number of methoxy groups -OCH3 is 2. The number of hydrogen-bond acceptors (Lipinski definition) is 5. The normalized spacial score (nSPS) is 18.0. The van der Waals surface area contributed by atoms with Crippen LogP contribution >= 0.6 is 12.4 Å². The van der Waals surface area contributed by atoms with Crippen molar-refractivity contribution in [3.8, 4) is 17.2 Å². The minimum absolute atomic E-state index is 0. The molecule has 0 amide bonds. The number of ether oxygens (including phenoxy) is 2. The Balaban J connectivity index is 0.00000261. The number of halogens is 1. The summed E-state index contributed by atoms with van der Waals surface area (Å²) in [6.07, 6.45) is 2.16. The van der Waals surface area contributed by atoms with Crippen LogP contribution in [0, 0.1) is 0 Å². The van der Waals surface area contributed by atoms with Gasteiger partial charge in [-0.15, -0.1) is 12.4 Å². The summed E-state index contributed by atoms with van der Waals surface area (Å²) in [6.45, 7) is 1.99. The van der Waals surface area contributed by atoms with Crippen molar-refractivity contribution < 1.29 is 19.7 Å². The number of benzene rings is 2. The van der Waals surface area contributed by atoms with Crippen molar-refractivity contribution in [3.63, 3.8) is 0 Å². The van der Waals surface area contributed by atoms with Gasteiger partial charge in [-0.2, -0.15) is 0 Å². The standard InChI is InChI=1S/C21H27NO4.ClH/c1-13(20(24)14-4-8-17(23)9-5-14)22-16-7-10-18-15(12-16)6-11-19(25-2)21(18)26-3;/h4-6,8-9,11,13,16,20,22-24H,7,10,12H2,1-3H3;1H. The SMILES string of the molecule is COc1ccc2c(c1OC)CCC(NC(C)C(O)c1ccc(O)cc1)C2.Cl. The molecule has 3 rings (SSSR count). The Morgan fingerprint density at radius 1 is 1.07 bits per heavy atom. The number of hydrogen-bond donors (Lipinski definition) is 3. The van der Waals surface area contributed by atoms with Crippen molar-refractivity contribution in [2.45, 2.75) is 44.4 Å². The van der Waals surface area contributed by atoms with Crippen molar-refractivity contribution in [1.29, 1.82) is 0 Å². The summed E-state index contributed by atoms with van der Waals surface area (Å²) < 4.78 is 10.9. The van der Waals surface area contributed by atoms with Crippen molar-refractivity contribution in [3.05, 3.63) is 53.1 Å². The maximum Gasteiger partial charge on any atom is 0.164 e. The number of fused-ring (bicyclic) bond motifs is 1. The molecule has 2 aromatic carbocycles. The van der Waals surface area contributed by atoms with Gasteiger partial charge < -0.3 is 25.0 Å². The molecule has 6 heteroatoms. The van der Waals surface area contributed by atoms with Gasteiger partial charge in [0.15, 0.2) is 11.5 Å². The smallest absolute Gasteiger partial charge is 0.164 e. The van der Waals surface area contributed by atoms with Crippen LogP contribution in [0.2, 0.25) is 0 Å². The van der Waals surface area contributed by atoms with Gasteiger partial charge in [0.25, 0.3) is 0 Å². The summed E-state index contributed by atoms with van der Waals surface area (Å²) in [6, 6.07) is 11.0.